The third kappa shape index (κ3) is 3.03. The molecule has 1 aliphatic rings. The zero-order chi connectivity index (χ0) is 14.7. The Morgan fingerprint density at radius 1 is 1.10 bits per heavy atom. The molecule has 0 amide bonds. The molecule has 1 atom stereocenters. The van der Waals surface area contributed by atoms with Gasteiger partial charge < -0.3 is 9.88 Å². The molecule has 0 radical (unpaired) electrons. The Labute approximate surface area is 126 Å². The van der Waals surface area contributed by atoms with E-state index < -0.39 is 0 Å². The first-order chi connectivity index (χ1) is 10.3. The average molecular weight is 285 g/mol. The lowest BCUT2D eigenvalue weighted by Crippen LogP contribution is -3.16. The smallest absolute Gasteiger partial charge is 0.221 e. The van der Waals surface area contributed by atoms with Crippen molar-refractivity contribution in [2.45, 2.75) is 45.1 Å². The summed E-state index contributed by atoms with van der Waals surface area (Å²) in [6.07, 6.45) is 8.38. The molecule has 0 saturated carbocycles. The number of nitrogens with one attached hydrogen (secondary N) is 2. The van der Waals surface area contributed by atoms with Gasteiger partial charge in [-0.05, 0) is 38.7 Å². The normalized spacial score (nSPS) is 19.1. The maximum atomic E-state index is 12.9. The fourth-order valence-corrected chi connectivity index (χ4v) is 3.49. The molecule has 112 valence electrons. The SMILES string of the molecule is C[C@@H](C(=O)c1c[nH]c2ccccc12)[NH+]1CCCCCCC1. The highest BCUT2D eigenvalue weighted by Gasteiger charge is 2.27. The predicted molar refractivity (Wildman–Crippen MR) is 85.9 cm³/mol. The van der Waals surface area contributed by atoms with E-state index in [1.54, 1.807) is 0 Å². The minimum absolute atomic E-state index is 0.0577. The van der Waals surface area contributed by atoms with Crippen LogP contribution >= 0.6 is 0 Å². The Kier molecular flexibility index (Phi) is 4.39. The molecule has 2 heterocycles. The van der Waals surface area contributed by atoms with Crippen molar-refractivity contribution in [2.75, 3.05) is 13.1 Å². The summed E-state index contributed by atoms with van der Waals surface area (Å²) >= 11 is 0. The molecule has 1 aromatic heterocycles. The number of aromatic nitrogens is 1. The number of aromatic amines is 1. The van der Waals surface area contributed by atoms with Gasteiger partial charge in [-0.2, -0.15) is 0 Å². The van der Waals surface area contributed by atoms with Crippen LogP contribution < -0.4 is 4.90 Å². The van der Waals surface area contributed by atoms with Crippen LogP contribution in [0.15, 0.2) is 30.5 Å². The molecule has 1 aromatic carbocycles. The highest BCUT2D eigenvalue weighted by molar-refractivity contribution is 6.09. The van der Waals surface area contributed by atoms with E-state index in [0.717, 1.165) is 29.6 Å². The van der Waals surface area contributed by atoms with E-state index in [0.29, 0.717) is 0 Å². The number of fused-ring (bicyclic) bond motifs is 1. The number of ketones is 1. The number of Topliss-reactive ketones (excluding diaryl/α,β-unsaturated/α-hetero) is 1. The number of hydrogen-bond acceptors (Lipinski definition) is 1. The molecular weight excluding hydrogens is 260 g/mol. The molecule has 0 bridgehead atoms. The van der Waals surface area contributed by atoms with E-state index in [2.05, 4.69) is 11.9 Å². The van der Waals surface area contributed by atoms with Crippen LogP contribution in [-0.4, -0.2) is 29.9 Å². The second-order valence-corrected chi connectivity index (χ2v) is 6.26. The van der Waals surface area contributed by atoms with E-state index in [9.17, 15) is 4.79 Å². The van der Waals surface area contributed by atoms with Crippen LogP contribution in [0, 0.1) is 0 Å². The number of hydrogen-bond donors (Lipinski definition) is 2. The van der Waals surface area contributed by atoms with Gasteiger partial charge in [0.1, 0.15) is 6.04 Å². The van der Waals surface area contributed by atoms with Gasteiger partial charge in [-0.25, -0.2) is 0 Å². The van der Waals surface area contributed by atoms with Crippen LogP contribution in [0.5, 0.6) is 0 Å². The topological polar surface area (TPSA) is 37.3 Å². The maximum absolute atomic E-state index is 12.9. The largest absolute Gasteiger partial charge is 0.360 e. The fourth-order valence-electron chi connectivity index (χ4n) is 3.49. The first-order valence-corrected chi connectivity index (χ1v) is 8.22. The predicted octanol–water partition coefficient (Wildman–Crippen LogP) is 2.59. The Balaban J connectivity index is 1.80. The molecule has 1 aliphatic heterocycles. The lowest BCUT2D eigenvalue weighted by atomic mass is 10.0. The number of benzene rings is 1. The van der Waals surface area contributed by atoms with Crippen LogP contribution in [0.2, 0.25) is 0 Å². The summed E-state index contributed by atoms with van der Waals surface area (Å²) in [5, 5.41) is 1.06. The summed E-state index contributed by atoms with van der Waals surface area (Å²) < 4.78 is 0. The zero-order valence-corrected chi connectivity index (χ0v) is 12.8. The molecule has 0 spiro atoms. The summed E-state index contributed by atoms with van der Waals surface area (Å²) in [5.41, 5.74) is 1.91. The van der Waals surface area contributed by atoms with E-state index in [1.165, 1.54) is 37.0 Å². The number of likely N-dealkylation sites (tertiary alicyclic amines) is 1. The second-order valence-electron chi connectivity index (χ2n) is 6.26. The van der Waals surface area contributed by atoms with Gasteiger partial charge in [0.05, 0.1) is 13.1 Å². The summed E-state index contributed by atoms with van der Waals surface area (Å²) in [7, 11) is 0. The Hall–Kier alpha value is -1.61. The van der Waals surface area contributed by atoms with Gasteiger partial charge >= 0.3 is 0 Å². The van der Waals surface area contributed by atoms with Gasteiger partial charge in [0.2, 0.25) is 5.78 Å². The van der Waals surface area contributed by atoms with E-state index in [-0.39, 0.29) is 11.8 Å². The van der Waals surface area contributed by atoms with Crippen molar-refractivity contribution >= 4 is 16.7 Å². The van der Waals surface area contributed by atoms with Gasteiger partial charge in [0, 0.05) is 22.7 Å². The molecule has 3 rings (SSSR count). The van der Waals surface area contributed by atoms with Crippen LogP contribution in [0.4, 0.5) is 0 Å². The zero-order valence-electron chi connectivity index (χ0n) is 12.8. The molecule has 0 aliphatic carbocycles. The van der Waals surface area contributed by atoms with E-state index >= 15 is 0 Å². The van der Waals surface area contributed by atoms with Crippen LogP contribution in [-0.2, 0) is 0 Å². The number of carbonyl (C=O) groups is 1. The quantitative estimate of drug-likeness (QED) is 0.836. The number of H-pyrrole nitrogens is 1. The van der Waals surface area contributed by atoms with Crippen LogP contribution in [0.1, 0.15) is 49.4 Å². The molecule has 1 fully saturated rings. The second kappa shape index (κ2) is 6.44. The summed E-state index contributed by atoms with van der Waals surface area (Å²) in [6.45, 7) is 4.37. The van der Waals surface area contributed by atoms with Crippen molar-refractivity contribution in [3.05, 3.63) is 36.0 Å². The summed E-state index contributed by atoms with van der Waals surface area (Å²) in [6, 6.07) is 8.12. The van der Waals surface area contributed by atoms with Crippen molar-refractivity contribution in [1.82, 2.24) is 4.98 Å². The molecule has 2 aromatic rings. The fraction of sp³-hybridized carbons (Fsp3) is 0.500. The highest BCUT2D eigenvalue weighted by Crippen LogP contribution is 2.18. The van der Waals surface area contributed by atoms with Gasteiger partial charge in [0.25, 0.3) is 0 Å². The lowest BCUT2D eigenvalue weighted by molar-refractivity contribution is -0.914. The Morgan fingerprint density at radius 2 is 1.76 bits per heavy atom. The van der Waals surface area contributed by atoms with Crippen molar-refractivity contribution in [3.8, 4) is 0 Å². The molecule has 3 nitrogen and oxygen atoms in total. The van der Waals surface area contributed by atoms with Crippen LogP contribution in [0.3, 0.4) is 0 Å². The molecule has 0 unspecified atom stereocenters. The van der Waals surface area contributed by atoms with Gasteiger partial charge in [-0.15, -0.1) is 0 Å². The molecular formula is C18H25N2O+. The van der Waals surface area contributed by atoms with E-state index in [1.807, 2.05) is 30.5 Å². The van der Waals surface area contributed by atoms with E-state index in [4.69, 9.17) is 0 Å². The van der Waals surface area contributed by atoms with Crippen molar-refractivity contribution in [3.63, 3.8) is 0 Å². The van der Waals surface area contributed by atoms with Gasteiger partial charge in [-0.3, -0.25) is 4.79 Å². The highest BCUT2D eigenvalue weighted by atomic mass is 16.1. The summed E-state index contributed by atoms with van der Waals surface area (Å²) in [5.74, 6) is 0.281. The first kappa shape index (κ1) is 14.3. The Morgan fingerprint density at radius 3 is 2.52 bits per heavy atom. The third-order valence-corrected chi connectivity index (χ3v) is 4.86. The minimum atomic E-state index is 0.0577. The number of quaternary nitrogens is 1. The number of rotatable bonds is 3. The average Bonchev–Trinajstić information content (AvgIpc) is 2.89. The molecule has 2 N–H and O–H groups in total. The van der Waals surface area contributed by atoms with Crippen molar-refractivity contribution < 1.29 is 9.69 Å². The van der Waals surface area contributed by atoms with Gasteiger partial charge in [0.15, 0.2) is 0 Å². The monoisotopic (exact) mass is 285 g/mol. The van der Waals surface area contributed by atoms with Crippen molar-refractivity contribution in [1.29, 1.82) is 0 Å². The standard InChI is InChI=1S/C18H24N2O/c1-14(20-11-7-3-2-4-8-12-20)18(21)16-13-19-17-10-6-5-9-15(16)17/h5-6,9-10,13-14,19H,2-4,7-8,11-12H2,1H3/p+1/t14-/m0/s1. The van der Waals surface area contributed by atoms with Crippen molar-refractivity contribution in [2.24, 2.45) is 0 Å². The first-order valence-electron chi connectivity index (χ1n) is 8.22. The third-order valence-electron chi connectivity index (χ3n) is 4.86. The maximum Gasteiger partial charge on any atom is 0.221 e. The van der Waals surface area contributed by atoms with Crippen LogP contribution in [0.25, 0.3) is 10.9 Å². The molecule has 1 saturated heterocycles. The summed E-state index contributed by atoms with van der Waals surface area (Å²) in [4.78, 5) is 17.6. The number of para-hydroxylation sites is 1. The number of carbonyl (C=O) groups excluding carboxylic acids is 1. The molecule has 3 heteroatoms. The lowest BCUT2D eigenvalue weighted by Gasteiger charge is -2.26. The van der Waals surface area contributed by atoms with Gasteiger partial charge in [-0.1, -0.05) is 24.6 Å². The molecule has 21 heavy (non-hydrogen) atoms. The Bertz CT molecular complexity index is 608. The minimum Gasteiger partial charge on any atom is -0.360 e.